The lowest BCUT2D eigenvalue weighted by molar-refractivity contribution is -0.141. The Balaban J connectivity index is 2.22. The van der Waals surface area contributed by atoms with Crippen molar-refractivity contribution in [2.24, 2.45) is 5.92 Å². The van der Waals surface area contributed by atoms with Gasteiger partial charge in [0.1, 0.15) is 4.90 Å². The molecule has 1 aromatic carbocycles. The number of benzene rings is 1. The molecule has 1 aromatic rings. The molecule has 0 aliphatic heterocycles. The normalized spacial score (nSPS) is 22.4. The number of carboxylic acid groups (broad SMARTS) is 1. The van der Waals surface area contributed by atoms with Gasteiger partial charge in [0, 0.05) is 11.1 Å². The average molecular weight is 373 g/mol. The van der Waals surface area contributed by atoms with Crippen molar-refractivity contribution in [1.82, 2.24) is 4.72 Å². The molecule has 0 amide bonds. The minimum Gasteiger partial charge on any atom is -0.481 e. The first-order valence-corrected chi connectivity index (χ1v) is 8.72. The largest absolute Gasteiger partial charge is 0.481 e. The van der Waals surface area contributed by atoms with Gasteiger partial charge in [0.2, 0.25) is 10.0 Å². The van der Waals surface area contributed by atoms with Crippen molar-refractivity contribution in [2.75, 3.05) is 0 Å². The van der Waals surface area contributed by atoms with Crippen molar-refractivity contribution in [2.45, 2.75) is 30.2 Å². The Bertz CT molecular complexity index is 654. The van der Waals surface area contributed by atoms with E-state index in [9.17, 15) is 13.2 Å². The zero-order valence-electron chi connectivity index (χ0n) is 10.6. The number of hydrogen-bond donors (Lipinski definition) is 2. The van der Waals surface area contributed by atoms with Crippen molar-refractivity contribution >= 4 is 50.8 Å². The van der Waals surface area contributed by atoms with Crippen molar-refractivity contribution in [1.29, 1.82) is 0 Å². The van der Waals surface area contributed by atoms with Crippen molar-refractivity contribution in [3.05, 3.63) is 27.2 Å². The smallest absolute Gasteiger partial charge is 0.306 e. The van der Waals surface area contributed by atoms with Gasteiger partial charge in [-0.15, -0.1) is 0 Å². The topological polar surface area (TPSA) is 83.5 Å². The van der Waals surface area contributed by atoms with E-state index >= 15 is 0 Å². The highest BCUT2D eigenvalue weighted by Crippen LogP contribution is 2.34. The number of halogens is 3. The molecule has 2 rings (SSSR count). The van der Waals surface area contributed by atoms with Crippen LogP contribution in [0.15, 0.2) is 17.0 Å². The zero-order valence-corrected chi connectivity index (χ0v) is 13.7. The first-order valence-electron chi connectivity index (χ1n) is 6.10. The van der Waals surface area contributed by atoms with Gasteiger partial charge < -0.3 is 5.11 Å². The first-order chi connectivity index (χ1) is 9.70. The molecule has 2 N–H and O–H groups in total. The van der Waals surface area contributed by atoms with Crippen LogP contribution in [0.4, 0.5) is 0 Å². The predicted molar refractivity (Wildman–Crippen MR) is 80.6 cm³/mol. The highest BCUT2D eigenvalue weighted by Gasteiger charge is 2.33. The third-order valence-electron chi connectivity index (χ3n) is 3.34. The highest BCUT2D eigenvalue weighted by atomic mass is 35.5. The minimum atomic E-state index is -3.94. The van der Waals surface area contributed by atoms with E-state index in [0.717, 1.165) is 0 Å². The second kappa shape index (κ2) is 6.30. The Morgan fingerprint density at radius 1 is 1.19 bits per heavy atom. The van der Waals surface area contributed by atoms with E-state index in [0.29, 0.717) is 12.8 Å². The summed E-state index contributed by atoms with van der Waals surface area (Å²) >= 11 is 17.6. The van der Waals surface area contributed by atoms with Gasteiger partial charge >= 0.3 is 5.97 Å². The molecule has 5 nitrogen and oxygen atoms in total. The number of carbonyl (C=O) groups is 1. The van der Waals surface area contributed by atoms with Gasteiger partial charge in [-0.05, 0) is 31.4 Å². The summed E-state index contributed by atoms with van der Waals surface area (Å²) in [6.07, 6.45) is 1.14. The Morgan fingerprint density at radius 3 is 2.24 bits per heavy atom. The Kier molecular flexibility index (Phi) is 5.05. The van der Waals surface area contributed by atoms with Crippen LogP contribution in [0.2, 0.25) is 15.1 Å². The quantitative estimate of drug-likeness (QED) is 0.850. The highest BCUT2D eigenvalue weighted by molar-refractivity contribution is 7.89. The molecule has 1 fully saturated rings. The van der Waals surface area contributed by atoms with Crippen LogP contribution in [-0.4, -0.2) is 25.5 Å². The molecule has 1 aliphatic carbocycles. The van der Waals surface area contributed by atoms with E-state index in [-0.39, 0.29) is 26.4 Å². The SMILES string of the molecule is O=C(O)[C@@H]1CC[C@H](NS(=O)(=O)c2c(Cl)cc(Cl)cc2Cl)C1. The number of carboxylic acids is 1. The van der Waals surface area contributed by atoms with Crippen LogP contribution in [0.1, 0.15) is 19.3 Å². The lowest BCUT2D eigenvalue weighted by Gasteiger charge is -2.15. The van der Waals surface area contributed by atoms with Crippen LogP contribution in [0.25, 0.3) is 0 Å². The maximum absolute atomic E-state index is 12.3. The molecular weight excluding hydrogens is 361 g/mol. The van der Waals surface area contributed by atoms with Gasteiger partial charge in [-0.2, -0.15) is 0 Å². The summed E-state index contributed by atoms with van der Waals surface area (Å²) in [4.78, 5) is 10.7. The molecule has 116 valence electrons. The molecular formula is C12H12Cl3NO4S. The fraction of sp³-hybridized carbons (Fsp3) is 0.417. The van der Waals surface area contributed by atoms with Gasteiger partial charge in [0.25, 0.3) is 0 Å². The number of rotatable bonds is 4. The van der Waals surface area contributed by atoms with Crippen LogP contribution < -0.4 is 4.72 Å². The van der Waals surface area contributed by atoms with E-state index in [1.54, 1.807) is 0 Å². The molecule has 1 saturated carbocycles. The summed E-state index contributed by atoms with van der Waals surface area (Å²) in [7, 11) is -3.94. The molecule has 0 radical (unpaired) electrons. The summed E-state index contributed by atoms with van der Waals surface area (Å²) in [6, 6.07) is 2.13. The Morgan fingerprint density at radius 2 is 1.76 bits per heavy atom. The van der Waals surface area contributed by atoms with E-state index < -0.39 is 28.0 Å². The maximum atomic E-state index is 12.3. The molecule has 9 heteroatoms. The van der Waals surface area contributed by atoms with E-state index in [1.165, 1.54) is 12.1 Å². The number of aliphatic carboxylic acids is 1. The third-order valence-corrected chi connectivity index (χ3v) is 5.99. The number of nitrogens with one attached hydrogen (secondary N) is 1. The Hall–Kier alpha value is -0.530. The molecule has 0 spiro atoms. The van der Waals surface area contributed by atoms with Crippen LogP contribution in [0.5, 0.6) is 0 Å². The van der Waals surface area contributed by atoms with E-state index in [4.69, 9.17) is 39.9 Å². The van der Waals surface area contributed by atoms with E-state index in [1.807, 2.05) is 0 Å². The predicted octanol–water partition coefficient (Wildman–Crippen LogP) is 3.18. The number of hydrogen-bond acceptors (Lipinski definition) is 3. The fourth-order valence-electron chi connectivity index (χ4n) is 2.38. The maximum Gasteiger partial charge on any atom is 0.306 e. The summed E-state index contributed by atoms with van der Waals surface area (Å²) < 4.78 is 27.1. The molecule has 0 aromatic heterocycles. The number of sulfonamides is 1. The fourth-order valence-corrected chi connectivity index (χ4v) is 5.21. The Labute approximate surface area is 137 Å². The standard InChI is InChI=1S/C12H12Cl3NO4S/c13-7-4-9(14)11(10(15)5-7)21(19,20)16-8-2-1-6(3-8)12(17)18/h4-6,8,16H,1-3H2,(H,17,18)/t6-,8+/m1/s1. The van der Waals surface area contributed by atoms with Gasteiger partial charge in [0.15, 0.2) is 0 Å². The molecule has 0 bridgehead atoms. The molecule has 21 heavy (non-hydrogen) atoms. The van der Waals surface area contributed by atoms with Crippen molar-refractivity contribution < 1.29 is 18.3 Å². The van der Waals surface area contributed by atoms with Gasteiger partial charge in [-0.3, -0.25) is 4.79 Å². The van der Waals surface area contributed by atoms with Crippen LogP contribution >= 0.6 is 34.8 Å². The minimum absolute atomic E-state index is 0.0761. The lowest BCUT2D eigenvalue weighted by atomic mass is 10.1. The molecule has 2 atom stereocenters. The van der Waals surface area contributed by atoms with Crippen LogP contribution in [0.3, 0.4) is 0 Å². The zero-order chi connectivity index (χ0) is 15.8. The summed E-state index contributed by atoms with van der Waals surface area (Å²) in [5.41, 5.74) is 0. The lowest BCUT2D eigenvalue weighted by Crippen LogP contribution is -2.33. The second-order valence-corrected chi connectivity index (χ2v) is 7.77. The van der Waals surface area contributed by atoms with Gasteiger partial charge in [-0.1, -0.05) is 34.8 Å². The summed E-state index contributed by atoms with van der Waals surface area (Å²) in [6.45, 7) is 0. The average Bonchev–Trinajstić information content (AvgIpc) is 2.74. The first kappa shape index (κ1) is 16.8. The third kappa shape index (κ3) is 3.81. The summed E-state index contributed by atoms with van der Waals surface area (Å²) in [5, 5.41) is 9.01. The van der Waals surface area contributed by atoms with Crippen LogP contribution in [0, 0.1) is 5.92 Å². The molecule has 1 aliphatic rings. The second-order valence-electron chi connectivity index (χ2n) is 4.86. The van der Waals surface area contributed by atoms with Gasteiger partial charge in [-0.25, -0.2) is 13.1 Å². The van der Waals surface area contributed by atoms with Crippen LogP contribution in [-0.2, 0) is 14.8 Å². The van der Waals surface area contributed by atoms with Gasteiger partial charge in [0.05, 0.1) is 16.0 Å². The summed E-state index contributed by atoms with van der Waals surface area (Å²) in [5.74, 6) is -1.45. The molecule has 0 heterocycles. The monoisotopic (exact) mass is 371 g/mol. The molecule has 0 saturated heterocycles. The van der Waals surface area contributed by atoms with Crippen molar-refractivity contribution in [3.8, 4) is 0 Å². The van der Waals surface area contributed by atoms with Crippen molar-refractivity contribution in [3.63, 3.8) is 0 Å². The molecule has 0 unspecified atom stereocenters. The van der Waals surface area contributed by atoms with E-state index in [2.05, 4.69) is 4.72 Å².